The zero-order valence-electron chi connectivity index (χ0n) is 12.0. The highest BCUT2D eigenvalue weighted by Gasteiger charge is 2.27. The van der Waals surface area contributed by atoms with Gasteiger partial charge in [-0.1, -0.05) is 19.3 Å². The Morgan fingerprint density at radius 1 is 1.06 bits per heavy atom. The molecule has 0 aromatic rings. The summed E-state index contributed by atoms with van der Waals surface area (Å²) in [5.41, 5.74) is 0. The van der Waals surface area contributed by atoms with Crippen LogP contribution in [0.1, 0.15) is 44.9 Å². The minimum absolute atomic E-state index is 0.280. The van der Waals surface area contributed by atoms with Crippen LogP contribution < -0.4 is 0 Å². The molecule has 0 aromatic carbocycles. The third-order valence-electron chi connectivity index (χ3n) is 4.62. The van der Waals surface area contributed by atoms with Crippen LogP contribution in [0, 0.1) is 11.8 Å². The van der Waals surface area contributed by atoms with Gasteiger partial charge >= 0.3 is 0 Å². The molecule has 3 nitrogen and oxygen atoms in total. The van der Waals surface area contributed by atoms with E-state index in [1.54, 1.807) is 4.90 Å². The molecule has 1 aliphatic heterocycles. The van der Waals surface area contributed by atoms with Crippen LogP contribution in [0.4, 0.5) is 0 Å². The van der Waals surface area contributed by atoms with Crippen molar-refractivity contribution >= 4 is 5.91 Å². The Morgan fingerprint density at radius 2 is 1.67 bits per heavy atom. The van der Waals surface area contributed by atoms with Crippen molar-refractivity contribution in [3.63, 3.8) is 0 Å². The van der Waals surface area contributed by atoms with Crippen molar-refractivity contribution in [1.82, 2.24) is 9.80 Å². The van der Waals surface area contributed by atoms with E-state index >= 15 is 0 Å². The molecule has 0 N–H and O–H groups in total. The Bertz CT molecular complexity index is 264. The highest BCUT2D eigenvalue weighted by Crippen LogP contribution is 2.26. The quantitative estimate of drug-likeness (QED) is 0.770. The van der Waals surface area contributed by atoms with Crippen molar-refractivity contribution < 1.29 is 4.79 Å². The number of piperidine rings is 1. The van der Waals surface area contributed by atoms with Crippen LogP contribution in [0.5, 0.6) is 0 Å². The topological polar surface area (TPSA) is 23.6 Å². The molecular formula is C15H28N2O. The third-order valence-corrected chi connectivity index (χ3v) is 4.62. The molecule has 104 valence electrons. The number of carbonyl (C=O) groups excluding carboxylic acids is 1. The molecule has 0 spiro atoms. The molecule has 0 radical (unpaired) electrons. The van der Waals surface area contributed by atoms with Gasteiger partial charge in [-0.05, 0) is 44.7 Å². The maximum absolute atomic E-state index is 11.9. The second-order valence-corrected chi connectivity index (χ2v) is 6.31. The number of carbonyl (C=O) groups is 1. The summed E-state index contributed by atoms with van der Waals surface area (Å²) in [6.45, 7) is 3.53. The van der Waals surface area contributed by atoms with E-state index in [1.807, 2.05) is 14.1 Å². The van der Waals surface area contributed by atoms with Gasteiger partial charge in [0, 0.05) is 26.6 Å². The van der Waals surface area contributed by atoms with Gasteiger partial charge in [0.15, 0.2) is 0 Å². The van der Waals surface area contributed by atoms with E-state index < -0.39 is 0 Å². The molecule has 1 heterocycles. The molecule has 2 aliphatic rings. The third kappa shape index (κ3) is 3.71. The molecule has 0 aromatic heterocycles. The highest BCUT2D eigenvalue weighted by atomic mass is 16.2. The lowest BCUT2D eigenvalue weighted by Gasteiger charge is -2.35. The van der Waals surface area contributed by atoms with E-state index in [1.165, 1.54) is 38.6 Å². The van der Waals surface area contributed by atoms with E-state index in [4.69, 9.17) is 0 Å². The molecule has 1 amide bonds. The molecule has 1 saturated heterocycles. The molecule has 0 atom stereocenters. The van der Waals surface area contributed by atoms with Crippen LogP contribution in [0.3, 0.4) is 0 Å². The van der Waals surface area contributed by atoms with E-state index in [2.05, 4.69) is 4.90 Å². The standard InChI is InChI=1S/C15H28N2O/c1-16(2)15(18)14-8-10-17(11-9-14)12-13-6-4-3-5-7-13/h13-14H,3-12H2,1-2H3. The van der Waals surface area contributed by atoms with Gasteiger partial charge < -0.3 is 9.80 Å². The van der Waals surface area contributed by atoms with Gasteiger partial charge in [0.05, 0.1) is 0 Å². The second kappa shape index (κ2) is 6.55. The Kier molecular flexibility index (Phi) is 5.04. The molecule has 2 rings (SSSR count). The van der Waals surface area contributed by atoms with E-state index in [0.29, 0.717) is 5.91 Å². The number of nitrogens with zero attached hydrogens (tertiary/aromatic N) is 2. The van der Waals surface area contributed by atoms with Gasteiger partial charge in [0.1, 0.15) is 0 Å². The Hall–Kier alpha value is -0.570. The number of likely N-dealkylation sites (tertiary alicyclic amines) is 1. The lowest BCUT2D eigenvalue weighted by molar-refractivity contribution is -0.134. The number of hydrogen-bond donors (Lipinski definition) is 0. The van der Waals surface area contributed by atoms with E-state index in [9.17, 15) is 4.79 Å². The first-order chi connectivity index (χ1) is 8.66. The fourth-order valence-corrected chi connectivity index (χ4v) is 3.46. The van der Waals surface area contributed by atoms with Gasteiger partial charge in [-0.3, -0.25) is 4.79 Å². The zero-order valence-corrected chi connectivity index (χ0v) is 12.0. The molecule has 0 bridgehead atoms. The first-order valence-electron chi connectivity index (χ1n) is 7.60. The normalized spacial score (nSPS) is 24.1. The van der Waals surface area contributed by atoms with Crippen molar-refractivity contribution in [3.05, 3.63) is 0 Å². The van der Waals surface area contributed by atoms with E-state index in [0.717, 1.165) is 31.8 Å². The lowest BCUT2D eigenvalue weighted by Crippen LogP contribution is -2.42. The number of hydrogen-bond acceptors (Lipinski definition) is 2. The largest absolute Gasteiger partial charge is 0.349 e. The van der Waals surface area contributed by atoms with Crippen molar-refractivity contribution in [2.24, 2.45) is 11.8 Å². The lowest BCUT2D eigenvalue weighted by atomic mass is 9.88. The maximum Gasteiger partial charge on any atom is 0.225 e. The van der Waals surface area contributed by atoms with Crippen molar-refractivity contribution in [2.45, 2.75) is 44.9 Å². The van der Waals surface area contributed by atoms with Crippen LogP contribution in [0.25, 0.3) is 0 Å². The minimum atomic E-state index is 0.280. The second-order valence-electron chi connectivity index (χ2n) is 6.31. The van der Waals surface area contributed by atoms with Gasteiger partial charge in [-0.2, -0.15) is 0 Å². The summed E-state index contributed by atoms with van der Waals surface area (Å²) < 4.78 is 0. The summed E-state index contributed by atoms with van der Waals surface area (Å²) in [6, 6.07) is 0. The summed E-state index contributed by atoms with van der Waals surface area (Å²) in [5.74, 6) is 1.54. The SMILES string of the molecule is CN(C)C(=O)C1CCN(CC2CCCCC2)CC1. The summed E-state index contributed by atoms with van der Waals surface area (Å²) in [5, 5.41) is 0. The number of amides is 1. The molecule has 3 heteroatoms. The van der Waals surface area contributed by atoms with Gasteiger partial charge in [-0.15, -0.1) is 0 Å². The maximum atomic E-state index is 11.9. The monoisotopic (exact) mass is 252 g/mol. The van der Waals surface area contributed by atoms with Crippen LogP contribution in [0.2, 0.25) is 0 Å². The first-order valence-corrected chi connectivity index (χ1v) is 7.60. The van der Waals surface area contributed by atoms with Gasteiger partial charge in [0.25, 0.3) is 0 Å². The van der Waals surface area contributed by atoms with Gasteiger partial charge in [0.2, 0.25) is 5.91 Å². The molecule has 1 saturated carbocycles. The minimum Gasteiger partial charge on any atom is -0.349 e. The summed E-state index contributed by atoms with van der Waals surface area (Å²) in [6.07, 6.45) is 9.27. The van der Waals surface area contributed by atoms with Crippen LogP contribution in [0.15, 0.2) is 0 Å². The highest BCUT2D eigenvalue weighted by molar-refractivity contribution is 5.78. The fraction of sp³-hybridized carbons (Fsp3) is 0.933. The first kappa shape index (κ1) is 13.9. The average molecular weight is 252 g/mol. The Labute approximate surface area is 112 Å². The Balaban J connectivity index is 1.71. The fourth-order valence-electron chi connectivity index (χ4n) is 3.46. The van der Waals surface area contributed by atoms with Crippen molar-refractivity contribution in [2.75, 3.05) is 33.7 Å². The zero-order chi connectivity index (χ0) is 13.0. The van der Waals surface area contributed by atoms with Crippen LogP contribution in [-0.4, -0.2) is 49.4 Å². The molecule has 1 aliphatic carbocycles. The molecule has 18 heavy (non-hydrogen) atoms. The Morgan fingerprint density at radius 3 is 2.22 bits per heavy atom. The van der Waals surface area contributed by atoms with Crippen LogP contribution >= 0.6 is 0 Å². The number of rotatable bonds is 3. The van der Waals surface area contributed by atoms with Crippen molar-refractivity contribution in [3.8, 4) is 0 Å². The van der Waals surface area contributed by atoms with E-state index in [-0.39, 0.29) is 5.92 Å². The molecule has 0 unspecified atom stereocenters. The molecular weight excluding hydrogens is 224 g/mol. The van der Waals surface area contributed by atoms with Crippen LogP contribution in [-0.2, 0) is 4.79 Å². The summed E-state index contributed by atoms with van der Waals surface area (Å²) >= 11 is 0. The summed E-state index contributed by atoms with van der Waals surface area (Å²) in [4.78, 5) is 16.2. The van der Waals surface area contributed by atoms with Crippen molar-refractivity contribution in [1.29, 1.82) is 0 Å². The van der Waals surface area contributed by atoms with Gasteiger partial charge in [-0.25, -0.2) is 0 Å². The predicted molar refractivity (Wildman–Crippen MR) is 74.4 cm³/mol. The summed E-state index contributed by atoms with van der Waals surface area (Å²) in [7, 11) is 3.74. The molecule has 2 fully saturated rings. The average Bonchev–Trinajstić information content (AvgIpc) is 2.40. The predicted octanol–water partition coefficient (Wildman–Crippen LogP) is 2.37. The smallest absolute Gasteiger partial charge is 0.225 e.